The molecule has 0 aromatic rings. The number of aliphatic hydroxyl groups is 3. The SMILES string of the molecule is C=C1/C(=C\C=C2CCC[C@]3(C)[C@@H]([C@H](C)/C=C/[C@@H](C)C(C)(C)O)CC[C@@H]23)C[C@H](O)C[C@H]1O. The first kappa shape index (κ1) is 24.5. The summed E-state index contributed by atoms with van der Waals surface area (Å²) in [6, 6.07) is 0. The van der Waals surface area contributed by atoms with Crippen LogP contribution in [-0.4, -0.2) is 33.1 Å². The van der Waals surface area contributed by atoms with Gasteiger partial charge in [-0.15, -0.1) is 0 Å². The van der Waals surface area contributed by atoms with Crippen molar-refractivity contribution in [2.24, 2.45) is 29.1 Å². The third-order valence-electron chi connectivity index (χ3n) is 8.75. The van der Waals surface area contributed by atoms with Crippen molar-refractivity contribution in [1.29, 1.82) is 0 Å². The zero-order valence-corrected chi connectivity index (χ0v) is 20.3. The van der Waals surface area contributed by atoms with Gasteiger partial charge in [-0.05, 0) is 86.7 Å². The Morgan fingerprint density at radius 1 is 1.13 bits per heavy atom. The van der Waals surface area contributed by atoms with E-state index in [0.29, 0.717) is 36.0 Å². The Hall–Kier alpha value is -1.16. The molecule has 7 atom stereocenters. The van der Waals surface area contributed by atoms with Gasteiger partial charge in [0.1, 0.15) is 0 Å². The summed E-state index contributed by atoms with van der Waals surface area (Å²) in [7, 11) is 0. The van der Waals surface area contributed by atoms with Gasteiger partial charge in [-0.3, -0.25) is 0 Å². The summed E-state index contributed by atoms with van der Waals surface area (Å²) in [4.78, 5) is 0. The number of fused-ring (bicyclic) bond motifs is 1. The van der Waals surface area contributed by atoms with E-state index in [1.807, 2.05) is 13.8 Å². The summed E-state index contributed by atoms with van der Waals surface area (Å²) >= 11 is 0. The molecular weight excluding hydrogens is 384 g/mol. The molecule has 0 heterocycles. The first-order valence-corrected chi connectivity index (χ1v) is 12.3. The first-order chi connectivity index (χ1) is 14.4. The van der Waals surface area contributed by atoms with E-state index >= 15 is 0 Å². The normalized spacial score (nSPS) is 39.3. The van der Waals surface area contributed by atoms with Crippen molar-refractivity contribution >= 4 is 0 Å². The molecule has 3 aliphatic carbocycles. The van der Waals surface area contributed by atoms with Gasteiger partial charge < -0.3 is 15.3 Å². The third-order valence-corrected chi connectivity index (χ3v) is 8.75. The molecule has 0 saturated heterocycles. The van der Waals surface area contributed by atoms with Gasteiger partial charge in [0.25, 0.3) is 0 Å². The highest BCUT2D eigenvalue weighted by Crippen LogP contribution is 2.59. The molecule has 0 radical (unpaired) electrons. The van der Waals surface area contributed by atoms with Crippen LogP contribution in [-0.2, 0) is 0 Å². The average molecular weight is 429 g/mol. The fraction of sp³-hybridized carbons (Fsp3) is 0.714. The Morgan fingerprint density at radius 2 is 1.84 bits per heavy atom. The molecular formula is C28H44O3. The molecule has 3 aliphatic rings. The van der Waals surface area contributed by atoms with Crippen molar-refractivity contribution in [1.82, 2.24) is 0 Å². The fourth-order valence-electron chi connectivity index (χ4n) is 6.32. The average Bonchev–Trinajstić information content (AvgIpc) is 3.04. The maximum atomic E-state index is 10.3. The van der Waals surface area contributed by atoms with Crippen LogP contribution in [0.1, 0.15) is 79.6 Å². The molecule has 3 nitrogen and oxygen atoms in total. The molecule has 3 fully saturated rings. The lowest BCUT2D eigenvalue weighted by molar-refractivity contribution is 0.0436. The molecule has 174 valence electrons. The monoisotopic (exact) mass is 428 g/mol. The summed E-state index contributed by atoms with van der Waals surface area (Å²) in [6.07, 6.45) is 15.0. The van der Waals surface area contributed by atoms with Crippen molar-refractivity contribution in [2.45, 2.75) is 97.4 Å². The van der Waals surface area contributed by atoms with Gasteiger partial charge in [0, 0.05) is 12.3 Å². The van der Waals surface area contributed by atoms with Crippen molar-refractivity contribution in [3.63, 3.8) is 0 Å². The second kappa shape index (κ2) is 9.37. The van der Waals surface area contributed by atoms with Gasteiger partial charge in [0.2, 0.25) is 0 Å². The minimum absolute atomic E-state index is 0.141. The third kappa shape index (κ3) is 5.26. The van der Waals surface area contributed by atoms with Gasteiger partial charge in [-0.1, -0.05) is 57.2 Å². The van der Waals surface area contributed by atoms with Crippen LogP contribution in [0.4, 0.5) is 0 Å². The van der Waals surface area contributed by atoms with Gasteiger partial charge in [0.15, 0.2) is 0 Å². The predicted octanol–water partition coefficient (Wildman–Crippen LogP) is 5.73. The summed E-state index contributed by atoms with van der Waals surface area (Å²) < 4.78 is 0. The molecule has 0 spiro atoms. The smallest absolute Gasteiger partial charge is 0.0811 e. The van der Waals surface area contributed by atoms with Crippen molar-refractivity contribution in [3.05, 3.63) is 47.6 Å². The van der Waals surface area contributed by atoms with E-state index in [4.69, 9.17) is 0 Å². The van der Waals surface area contributed by atoms with Crippen LogP contribution in [0.25, 0.3) is 0 Å². The minimum Gasteiger partial charge on any atom is -0.393 e. The maximum absolute atomic E-state index is 10.3. The van der Waals surface area contributed by atoms with E-state index in [-0.39, 0.29) is 5.92 Å². The molecule has 0 aliphatic heterocycles. The first-order valence-electron chi connectivity index (χ1n) is 12.3. The molecule has 0 amide bonds. The summed E-state index contributed by atoms with van der Waals surface area (Å²) in [5, 5.41) is 30.4. The lowest BCUT2D eigenvalue weighted by atomic mass is 9.61. The van der Waals surface area contributed by atoms with Crippen LogP contribution in [0, 0.1) is 29.1 Å². The van der Waals surface area contributed by atoms with Crippen LogP contribution in [0.2, 0.25) is 0 Å². The molecule has 3 N–H and O–H groups in total. The maximum Gasteiger partial charge on any atom is 0.0811 e. The van der Waals surface area contributed by atoms with E-state index in [1.165, 1.54) is 31.3 Å². The molecule has 0 bridgehead atoms. The van der Waals surface area contributed by atoms with Crippen LogP contribution in [0.15, 0.2) is 47.6 Å². The quantitative estimate of drug-likeness (QED) is 0.490. The van der Waals surface area contributed by atoms with Crippen LogP contribution < -0.4 is 0 Å². The summed E-state index contributed by atoms with van der Waals surface area (Å²) in [5.41, 5.74) is 2.93. The number of hydrogen-bond donors (Lipinski definition) is 3. The zero-order chi connectivity index (χ0) is 23.0. The Labute approximate surface area is 189 Å². The van der Waals surface area contributed by atoms with Crippen molar-refractivity contribution in [3.8, 4) is 0 Å². The van der Waals surface area contributed by atoms with Crippen LogP contribution >= 0.6 is 0 Å². The van der Waals surface area contributed by atoms with Crippen molar-refractivity contribution < 1.29 is 15.3 Å². The lowest BCUT2D eigenvalue weighted by Gasteiger charge is -2.44. The number of aliphatic hydroxyl groups excluding tert-OH is 2. The van der Waals surface area contributed by atoms with Gasteiger partial charge in [0.05, 0.1) is 17.8 Å². The predicted molar refractivity (Wildman–Crippen MR) is 128 cm³/mol. The summed E-state index contributed by atoms with van der Waals surface area (Å²) in [6.45, 7) is 14.7. The highest BCUT2D eigenvalue weighted by atomic mass is 16.3. The Kier molecular flexibility index (Phi) is 7.40. The fourth-order valence-corrected chi connectivity index (χ4v) is 6.32. The highest BCUT2D eigenvalue weighted by Gasteiger charge is 2.50. The van der Waals surface area contributed by atoms with Crippen LogP contribution in [0.5, 0.6) is 0 Å². The second-order valence-corrected chi connectivity index (χ2v) is 11.4. The molecule has 0 aromatic carbocycles. The van der Waals surface area contributed by atoms with E-state index in [0.717, 1.165) is 17.6 Å². The number of rotatable bonds is 5. The molecule has 3 heteroatoms. The lowest BCUT2D eigenvalue weighted by Crippen LogP contribution is -2.35. The van der Waals surface area contributed by atoms with Gasteiger partial charge in [-0.25, -0.2) is 0 Å². The topological polar surface area (TPSA) is 60.7 Å². The summed E-state index contributed by atoms with van der Waals surface area (Å²) in [5.74, 6) is 1.91. The minimum atomic E-state index is -0.684. The molecule has 3 rings (SSSR count). The van der Waals surface area contributed by atoms with Crippen molar-refractivity contribution in [2.75, 3.05) is 0 Å². The van der Waals surface area contributed by atoms with Crippen LogP contribution in [0.3, 0.4) is 0 Å². The van der Waals surface area contributed by atoms with E-state index in [9.17, 15) is 15.3 Å². The van der Waals surface area contributed by atoms with Gasteiger partial charge in [-0.2, -0.15) is 0 Å². The standard InChI is InChI=1S/C28H44O3/c1-18(9-10-19(2)27(4,5)31)24-13-14-25-21(8-7-15-28(24,25)6)11-12-22-16-23(29)17-26(30)20(22)3/h9-12,18-19,23-26,29-31H,3,7-8,13-17H2,1-2,4-6H3/b10-9+,21-11?,22-12-/t18-,19-,23+,24-,25+,26-,28-/m1/s1. The molecule has 31 heavy (non-hydrogen) atoms. The molecule has 3 saturated carbocycles. The largest absolute Gasteiger partial charge is 0.393 e. The number of allylic oxidation sites excluding steroid dienone is 4. The van der Waals surface area contributed by atoms with E-state index < -0.39 is 17.8 Å². The molecule has 0 unspecified atom stereocenters. The second-order valence-electron chi connectivity index (χ2n) is 11.4. The Balaban J connectivity index is 1.76. The zero-order valence-electron chi connectivity index (χ0n) is 20.3. The molecule has 0 aromatic heterocycles. The Morgan fingerprint density at radius 3 is 2.52 bits per heavy atom. The highest BCUT2D eigenvalue weighted by molar-refractivity contribution is 5.38. The number of hydrogen-bond acceptors (Lipinski definition) is 3. The van der Waals surface area contributed by atoms with E-state index in [1.54, 1.807) is 0 Å². The van der Waals surface area contributed by atoms with E-state index in [2.05, 4.69) is 51.7 Å². The Bertz CT molecular complexity index is 753. The van der Waals surface area contributed by atoms with Gasteiger partial charge >= 0.3 is 0 Å².